The van der Waals surface area contributed by atoms with Crippen molar-refractivity contribution in [1.29, 1.82) is 0 Å². The molecular weight excluding hydrogens is 472 g/mol. The number of nitrogens with zero attached hydrogens (tertiary/aromatic N) is 3. The number of aliphatic hydroxyl groups is 1. The summed E-state index contributed by atoms with van der Waals surface area (Å²) in [5, 5.41) is 17.2. The highest BCUT2D eigenvalue weighted by atomic mass is 79.9. The molecule has 27 heavy (non-hydrogen) atoms. The van der Waals surface area contributed by atoms with Gasteiger partial charge in [0.15, 0.2) is 5.82 Å². The van der Waals surface area contributed by atoms with Gasteiger partial charge in [-0.05, 0) is 47.9 Å². The van der Waals surface area contributed by atoms with Crippen LogP contribution in [0.1, 0.15) is 29.4 Å². The molecule has 4 rings (SSSR count). The molecule has 0 aliphatic carbocycles. The van der Waals surface area contributed by atoms with Crippen LogP contribution >= 0.6 is 31.9 Å². The fourth-order valence-corrected chi connectivity index (χ4v) is 3.79. The number of aliphatic hydroxyl groups excluding tert-OH is 1. The number of allylic oxidation sites excluding steroid dienone is 1. The smallest absolute Gasteiger partial charge is 0.226 e. The number of fused-ring (bicyclic) bond motifs is 1. The summed E-state index contributed by atoms with van der Waals surface area (Å²) in [6.45, 7) is 0.134. The zero-order valence-corrected chi connectivity index (χ0v) is 17.6. The van der Waals surface area contributed by atoms with E-state index < -0.39 is 0 Å². The molecule has 0 saturated heterocycles. The van der Waals surface area contributed by atoms with Gasteiger partial charge in [0.25, 0.3) is 0 Å². The number of nitrogens with one attached hydrogen (secondary N) is 1. The fraction of sp³-hybridized carbons (Fsp3) is 0.200. The van der Waals surface area contributed by atoms with Gasteiger partial charge in [-0.3, -0.25) is 0 Å². The van der Waals surface area contributed by atoms with Crippen molar-refractivity contribution >= 4 is 43.5 Å². The van der Waals surface area contributed by atoms with E-state index in [0.29, 0.717) is 18.8 Å². The van der Waals surface area contributed by atoms with Crippen molar-refractivity contribution in [2.75, 3.05) is 11.9 Å². The number of aromatic nitrogens is 3. The van der Waals surface area contributed by atoms with Crippen LogP contribution in [0.15, 0.2) is 63.6 Å². The molecule has 2 heterocycles. The molecule has 7 heteroatoms. The van der Waals surface area contributed by atoms with Crippen molar-refractivity contribution in [2.45, 2.75) is 18.9 Å². The maximum atomic E-state index is 9.11. The molecule has 0 bridgehead atoms. The van der Waals surface area contributed by atoms with Crippen molar-refractivity contribution in [3.8, 4) is 0 Å². The highest BCUT2D eigenvalue weighted by Gasteiger charge is 2.25. The van der Waals surface area contributed by atoms with Gasteiger partial charge in [0.05, 0.1) is 0 Å². The monoisotopic (exact) mass is 488 g/mol. The topological polar surface area (TPSA) is 63.0 Å². The van der Waals surface area contributed by atoms with E-state index in [-0.39, 0.29) is 12.6 Å². The first kappa shape index (κ1) is 18.4. The van der Waals surface area contributed by atoms with Gasteiger partial charge in [-0.1, -0.05) is 56.1 Å². The zero-order valence-electron chi connectivity index (χ0n) is 14.4. The Balaban J connectivity index is 1.77. The lowest BCUT2D eigenvalue weighted by atomic mass is 10.0. The second-order valence-electron chi connectivity index (χ2n) is 6.34. The molecule has 3 aromatic rings. The van der Waals surface area contributed by atoms with Gasteiger partial charge in [-0.25, -0.2) is 4.68 Å². The molecular formula is C20H18Br2N4O. The molecule has 5 nitrogen and oxygen atoms in total. The first-order valence-corrected chi connectivity index (χ1v) is 10.3. The number of anilines is 1. The molecule has 0 radical (unpaired) electrons. The third-order valence-electron chi connectivity index (χ3n) is 4.41. The van der Waals surface area contributed by atoms with E-state index in [0.717, 1.165) is 31.6 Å². The Labute approximate surface area is 174 Å². The Morgan fingerprint density at radius 3 is 2.63 bits per heavy atom. The van der Waals surface area contributed by atoms with Crippen LogP contribution in [0.25, 0.3) is 5.70 Å². The number of rotatable bonds is 5. The van der Waals surface area contributed by atoms with Crippen LogP contribution in [0, 0.1) is 0 Å². The first-order chi connectivity index (χ1) is 13.1. The van der Waals surface area contributed by atoms with Crippen molar-refractivity contribution in [3.05, 3.63) is 80.5 Å². The number of benzene rings is 2. The lowest BCUT2D eigenvalue weighted by Crippen LogP contribution is -2.20. The van der Waals surface area contributed by atoms with Crippen molar-refractivity contribution in [2.24, 2.45) is 0 Å². The fourth-order valence-electron chi connectivity index (χ4n) is 3.11. The molecule has 138 valence electrons. The molecule has 0 fully saturated rings. The van der Waals surface area contributed by atoms with E-state index in [1.807, 2.05) is 28.9 Å². The van der Waals surface area contributed by atoms with Gasteiger partial charge in [0.2, 0.25) is 5.95 Å². The van der Waals surface area contributed by atoms with Gasteiger partial charge in [-0.2, -0.15) is 10.1 Å². The summed E-state index contributed by atoms with van der Waals surface area (Å²) < 4.78 is 3.98. The normalized spacial score (nSPS) is 15.8. The summed E-state index contributed by atoms with van der Waals surface area (Å²) in [4.78, 5) is 4.65. The average Bonchev–Trinajstić information content (AvgIpc) is 3.09. The average molecular weight is 490 g/mol. The summed E-state index contributed by atoms with van der Waals surface area (Å²) in [5.41, 5.74) is 3.21. The van der Waals surface area contributed by atoms with Crippen LogP contribution in [-0.4, -0.2) is 26.5 Å². The number of hydrogen-bond acceptors (Lipinski definition) is 4. The molecule has 2 N–H and O–H groups in total. The molecule has 1 unspecified atom stereocenters. The van der Waals surface area contributed by atoms with Gasteiger partial charge < -0.3 is 10.4 Å². The maximum Gasteiger partial charge on any atom is 0.226 e. The van der Waals surface area contributed by atoms with E-state index in [1.165, 1.54) is 0 Å². The van der Waals surface area contributed by atoms with Crippen LogP contribution in [0.5, 0.6) is 0 Å². The minimum Gasteiger partial charge on any atom is -0.396 e. The van der Waals surface area contributed by atoms with E-state index in [4.69, 9.17) is 5.11 Å². The van der Waals surface area contributed by atoms with E-state index >= 15 is 0 Å². The van der Waals surface area contributed by atoms with E-state index in [1.54, 1.807) is 0 Å². The van der Waals surface area contributed by atoms with E-state index in [9.17, 15) is 0 Å². The van der Waals surface area contributed by atoms with Crippen molar-refractivity contribution in [3.63, 3.8) is 0 Å². The molecule has 0 amide bonds. The van der Waals surface area contributed by atoms with Crippen molar-refractivity contribution in [1.82, 2.24) is 14.8 Å². The Bertz CT molecular complexity index is 982. The number of aryl methyl sites for hydroxylation is 1. The molecule has 1 atom stereocenters. The molecule has 1 aliphatic rings. The first-order valence-electron chi connectivity index (χ1n) is 8.70. The minimum atomic E-state index is -0.0622. The van der Waals surface area contributed by atoms with Crippen LogP contribution < -0.4 is 5.32 Å². The number of hydrogen-bond donors (Lipinski definition) is 2. The standard InChI is InChI=1S/C20H18Br2N4O/c21-15-8-6-13(7-9-15)17-12-18(14-3-1-4-16(22)11-14)26-20(23-17)24-19(25-26)5-2-10-27/h1,3-4,6-9,11-12,18,27H,2,5,10H2,(H,23,24,25). The predicted octanol–water partition coefficient (Wildman–Crippen LogP) is 4.78. The molecule has 2 aromatic carbocycles. The molecule has 0 saturated carbocycles. The van der Waals surface area contributed by atoms with Gasteiger partial charge in [-0.15, -0.1) is 0 Å². The summed E-state index contributed by atoms with van der Waals surface area (Å²) in [5.74, 6) is 1.45. The predicted molar refractivity (Wildman–Crippen MR) is 113 cm³/mol. The number of halogens is 2. The lowest BCUT2D eigenvalue weighted by Gasteiger charge is -2.24. The summed E-state index contributed by atoms with van der Waals surface area (Å²) in [6.07, 6.45) is 3.47. The molecule has 1 aliphatic heterocycles. The third-order valence-corrected chi connectivity index (χ3v) is 5.44. The van der Waals surface area contributed by atoms with Gasteiger partial charge in [0.1, 0.15) is 6.04 Å². The van der Waals surface area contributed by atoms with Crippen LogP contribution in [0.3, 0.4) is 0 Å². The summed E-state index contributed by atoms with van der Waals surface area (Å²) >= 11 is 7.05. The van der Waals surface area contributed by atoms with Gasteiger partial charge >= 0.3 is 0 Å². The quantitative estimate of drug-likeness (QED) is 0.541. The highest BCUT2D eigenvalue weighted by Crippen LogP contribution is 2.33. The second kappa shape index (κ2) is 7.96. The second-order valence-corrected chi connectivity index (χ2v) is 8.17. The van der Waals surface area contributed by atoms with Crippen LogP contribution in [0.4, 0.5) is 5.95 Å². The Morgan fingerprint density at radius 2 is 1.89 bits per heavy atom. The summed E-state index contributed by atoms with van der Waals surface area (Å²) in [7, 11) is 0. The third kappa shape index (κ3) is 4.00. The molecule has 0 spiro atoms. The lowest BCUT2D eigenvalue weighted by molar-refractivity contribution is 0.287. The Morgan fingerprint density at radius 1 is 1.07 bits per heavy atom. The highest BCUT2D eigenvalue weighted by molar-refractivity contribution is 9.10. The van der Waals surface area contributed by atoms with Gasteiger partial charge in [0, 0.05) is 27.7 Å². The van der Waals surface area contributed by atoms with E-state index in [2.05, 4.69) is 77.6 Å². The summed E-state index contributed by atoms with van der Waals surface area (Å²) in [6, 6.07) is 16.4. The van der Waals surface area contributed by atoms with Crippen LogP contribution in [-0.2, 0) is 6.42 Å². The SMILES string of the molecule is OCCCc1nc2n(n1)C(c1cccc(Br)c1)C=C(c1ccc(Br)cc1)N2. The largest absolute Gasteiger partial charge is 0.396 e. The van der Waals surface area contributed by atoms with Crippen molar-refractivity contribution < 1.29 is 5.11 Å². The molecule has 1 aromatic heterocycles. The zero-order chi connectivity index (χ0) is 18.8. The Hall–Kier alpha value is -1.96. The van der Waals surface area contributed by atoms with Crippen LogP contribution in [0.2, 0.25) is 0 Å². The Kier molecular flexibility index (Phi) is 5.43. The minimum absolute atomic E-state index is 0.0622. The maximum absolute atomic E-state index is 9.11.